The van der Waals surface area contributed by atoms with E-state index in [4.69, 9.17) is 11.6 Å². The second kappa shape index (κ2) is 6.71. The lowest BCUT2D eigenvalue weighted by atomic mass is 10.1. The molecular formula is C17H18ClF3N4. The predicted molar refractivity (Wildman–Crippen MR) is 90.1 cm³/mol. The highest BCUT2D eigenvalue weighted by Gasteiger charge is 2.27. The van der Waals surface area contributed by atoms with Gasteiger partial charge >= 0.3 is 6.18 Å². The van der Waals surface area contributed by atoms with Gasteiger partial charge < -0.3 is 4.90 Å². The van der Waals surface area contributed by atoms with Crippen molar-refractivity contribution in [3.05, 3.63) is 52.7 Å². The van der Waals surface area contributed by atoms with Gasteiger partial charge in [-0.3, -0.25) is 9.67 Å². The Morgan fingerprint density at radius 3 is 2.76 bits per heavy atom. The number of rotatable bonds is 4. The van der Waals surface area contributed by atoms with Crippen LogP contribution in [-0.4, -0.2) is 32.9 Å². The van der Waals surface area contributed by atoms with Crippen LogP contribution in [0.25, 0.3) is 6.08 Å². The first-order chi connectivity index (χ1) is 11.7. The molecule has 8 heteroatoms. The van der Waals surface area contributed by atoms with Crippen molar-refractivity contribution < 1.29 is 13.2 Å². The lowest BCUT2D eigenvalue weighted by molar-refractivity contribution is -0.134. The number of alkyl halides is 4. The summed E-state index contributed by atoms with van der Waals surface area (Å²) < 4.78 is 38.8. The Morgan fingerprint density at radius 1 is 1.32 bits per heavy atom. The smallest absolute Gasteiger partial charge is 0.361 e. The normalized spacial score (nSPS) is 17.0. The number of aryl methyl sites for hydroxylation is 2. The van der Waals surface area contributed by atoms with E-state index in [0.29, 0.717) is 12.2 Å². The number of hydrogen-bond acceptors (Lipinski definition) is 3. The van der Waals surface area contributed by atoms with Crippen LogP contribution in [0.3, 0.4) is 0 Å². The molecular weight excluding hydrogens is 353 g/mol. The zero-order valence-electron chi connectivity index (χ0n) is 13.9. The summed E-state index contributed by atoms with van der Waals surface area (Å²) in [5, 5.41) is 4.49. The van der Waals surface area contributed by atoms with Crippen LogP contribution in [0, 0.1) is 6.92 Å². The monoisotopic (exact) mass is 370 g/mol. The average molecular weight is 371 g/mol. The van der Waals surface area contributed by atoms with E-state index in [1.807, 2.05) is 36.5 Å². The van der Waals surface area contributed by atoms with E-state index >= 15 is 0 Å². The van der Waals surface area contributed by atoms with Crippen LogP contribution in [0.2, 0.25) is 0 Å². The molecule has 0 N–H and O–H groups in total. The Hall–Kier alpha value is -2.02. The van der Waals surface area contributed by atoms with Gasteiger partial charge in [0.2, 0.25) is 0 Å². The van der Waals surface area contributed by atoms with Gasteiger partial charge in [0, 0.05) is 43.3 Å². The summed E-state index contributed by atoms with van der Waals surface area (Å²) >= 11 is 6.35. The van der Waals surface area contributed by atoms with Crippen molar-refractivity contribution in [3.63, 3.8) is 0 Å². The molecule has 3 heterocycles. The Bertz CT molecular complexity index is 798. The van der Waals surface area contributed by atoms with Crippen LogP contribution in [-0.2, 0) is 13.0 Å². The van der Waals surface area contributed by atoms with Gasteiger partial charge in [0.25, 0.3) is 0 Å². The lowest BCUT2D eigenvalue weighted by Gasteiger charge is -2.23. The Labute approximate surface area is 148 Å². The van der Waals surface area contributed by atoms with Gasteiger partial charge in [-0.15, -0.1) is 0 Å². The van der Waals surface area contributed by atoms with E-state index in [-0.39, 0.29) is 11.9 Å². The first-order valence-electron chi connectivity index (χ1n) is 7.85. The van der Waals surface area contributed by atoms with Gasteiger partial charge in [-0.2, -0.15) is 18.3 Å². The van der Waals surface area contributed by atoms with Crippen LogP contribution < -0.4 is 0 Å². The van der Waals surface area contributed by atoms with Crippen molar-refractivity contribution in [2.45, 2.75) is 38.0 Å². The van der Waals surface area contributed by atoms with E-state index in [1.165, 1.54) is 0 Å². The zero-order chi connectivity index (χ0) is 18.2. The minimum atomic E-state index is -4.17. The van der Waals surface area contributed by atoms with E-state index < -0.39 is 12.6 Å². The highest BCUT2D eigenvalue weighted by molar-refractivity contribution is 6.21. The molecule has 0 amide bonds. The minimum absolute atomic E-state index is 0.100. The van der Waals surface area contributed by atoms with E-state index in [0.717, 1.165) is 22.4 Å². The van der Waals surface area contributed by atoms with Gasteiger partial charge in [0.1, 0.15) is 5.50 Å². The van der Waals surface area contributed by atoms with Gasteiger partial charge in [0.05, 0.1) is 12.2 Å². The second-order valence-electron chi connectivity index (χ2n) is 6.21. The second-order valence-corrected chi connectivity index (χ2v) is 6.62. The van der Waals surface area contributed by atoms with Gasteiger partial charge in [-0.1, -0.05) is 17.7 Å². The van der Waals surface area contributed by atoms with E-state index in [2.05, 4.69) is 10.1 Å². The molecule has 1 aliphatic heterocycles. The average Bonchev–Trinajstić information content (AvgIpc) is 2.93. The predicted octanol–water partition coefficient (Wildman–Crippen LogP) is 4.28. The SMILES string of the molecule is Cc1cc(Cn2cc3c(n2)C=CN(C)C3Cl)cnc1CCC(F)(F)F. The summed E-state index contributed by atoms with van der Waals surface area (Å²) in [4.78, 5) is 6.08. The standard InChI is InChI=1S/C17H18ClF3N4/c1-11-7-12(8-22-14(11)3-5-17(19,20)21)9-25-10-13-15(23-25)4-6-24(2)16(13)18/h4,6-8,10,16H,3,5,9H2,1-2H3. The molecule has 0 spiro atoms. The first-order valence-corrected chi connectivity index (χ1v) is 8.29. The third-order valence-electron chi connectivity index (χ3n) is 4.13. The van der Waals surface area contributed by atoms with E-state index in [1.54, 1.807) is 17.8 Å². The molecule has 0 radical (unpaired) electrons. The number of nitrogens with zero attached hydrogens (tertiary/aromatic N) is 4. The molecule has 4 nitrogen and oxygen atoms in total. The van der Waals surface area contributed by atoms with Gasteiger partial charge in [-0.05, 0) is 30.5 Å². The summed E-state index contributed by atoms with van der Waals surface area (Å²) in [6, 6.07) is 1.86. The van der Waals surface area contributed by atoms with Crippen LogP contribution in [0.5, 0.6) is 0 Å². The number of hydrogen-bond donors (Lipinski definition) is 0. The number of halogens is 4. The molecule has 2 aromatic heterocycles. The van der Waals surface area contributed by atoms with Crippen molar-refractivity contribution in [2.24, 2.45) is 0 Å². The summed E-state index contributed by atoms with van der Waals surface area (Å²) in [7, 11) is 1.89. The highest BCUT2D eigenvalue weighted by atomic mass is 35.5. The van der Waals surface area contributed by atoms with Gasteiger partial charge in [0.15, 0.2) is 0 Å². The topological polar surface area (TPSA) is 34.0 Å². The fourth-order valence-electron chi connectivity index (χ4n) is 2.79. The molecule has 0 fully saturated rings. The molecule has 1 atom stereocenters. The molecule has 134 valence electrons. The molecule has 2 aromatic rings. The highest BCUT2D eigenvalue weighted by Crippen LogP contribution is 2.31. The fourth-order valence-corrected chi connectivity index (χ4v) is 3.02. The maximum atomic E-state index is 12.4. The summed E-state index contributed by atoms with van der Waals surface area (Å²) in [6.07, 6.45) is 2.14. The van der Waals surface area contributed by atoms with Crippen molar-refractivity contribution in [3.8, 4) is 0 Å². The quantitative estimate of drug-likeness (QED) is 0.595. The van der Waals surface area contributed by atoms with Crippen LogP contribution >= 0.6 is 11.6 Å². The van der Waals surface area contributed by atoms with Crippen molar-refractivity contribution >= 4 is 17.7 Å². The van der Waals surface area contributed by atoms with Crippen LogP contribution in [0.1, 0.15) is 40.0 Å². The van der Waals surface area contributed by atoms with Crippen molar-refractivity contribution in [2.75, 3.05) is 7.05 Å². The molecule has 0 saturated carbocycles. The molecule has 3 rings (SSSR count). The van der Waals surface area contributed by atoms with Gasteiger partial charge in [-0.25, -0.2) is 0 Å². The van der Waals surface area contributed by atoms with E-state index in [9.17, 15) is 13.2 Å². The number of aromatic nitrogens is 3. The Morgan fingerprint density at radius 2 is 2.08 bits per heavy atom. The van der Waals surface area contributed by atoms with Crippen molar-refractivity contribution in [1.82, 2.24) is 19.7 Å². The third kappa shape index (κ3) is 4.15. The molecule has 25 heavy (non-hydrogen) atoms. The minimum Gasteiger partial charge on any atom is -0.361 e. The third-order valence-corrected chi connectivity index (χ3v) is 4.68. The molecule has 0 saturated heterocycles. The van der Waals surface area contributed by atoms with Crippen LogP contribution in [0.15, 0.2) is 24.7 Å². The zero-order valence-corrected chi connectivity index (χ0v) is 14.6. The molecule has 0 bridgehead atoms. The fraction of sp³-hybridized carbons (Fsp3) is 0.412. The molecule has 1 unspecified atom stereocenters. The maximum Gasteiger partial charge on any atom is 0.389 e. The van der Waals surface area contributed by atoms with Crippen molar-refractivity contribution in [1.29, 1.82) is 0 Å². The maximum absolute atomic E-state index is 12.4. The largest absolute Gasteiger partial charge is 0.389 e. The summed E-state index contributed by atoms with van der Waals surface area (Å²) in [5.74, 6) is 0. The Balaban J connectivity index is 1.73. The molecule has 1 aliphatic rings. The molecule has 0 aromatic carbocycles. The lowest BCUT2D eigenvalue weighted by Crippen LogP contribution is -2.16. The Kier molecular flexibility index (Phi) is 4.77. The first kappa shape index (κ1) is 17.8. The number of pyridine rings is 1. The van der Waals surface area contributed by atoms with Crippen LogP contribution in [0.4, 0.5) is 13.2 Å². The molecule has 0 aliphatic carbocycles. The summed E-state index contributed by atoms with van der Waals surface area (Å²) in [6.45, 7) is 2.27. The number of fused-ring (bicyclic) bond motifs is 1. The summed E-state index contributed by atoms with van der Waals surface area (Å²) in [5.41, 5.74) is 3.61.